The number of rotatable bonds is 7. The third kappa shape index (κ3) is 6.08. The lowest BCUT2D eigenvalue weighted by molar-refractivity contribution is 0.484. The smallest absolute Gasteiger partial charge is 0.339 e. The molecule has 0 fully saturated rings. The number of benzene rings is 4. The molecular formula is C24H14Cl4O6S2. The number of halogens is 4. The first kappa shape index (κ1) is 26.6. The zero-order valence-electron chi connectivity index (χ0n) is 17.9. The summed E-state index contributed by atoms with van der Waals surface area (Å²) in [5.74, 6) is 0.190. The van der Waals surface area contributed by atoms with Crippen LogP contribution in [0.15, 0.2) is 94.7 Å². The van der Waals surface area contributed by atoms with Crippen LogP contribution in [0.25, 0.3) is 11.1 Å². The van der Waals surface area contributed by atoms with Crippen LogP contribution in [0.1, 0.15) is 0 Å². The molecule has 0 saturated carbocycles. The van der Waals surface area contributed by atoms with Gasteiger partial charge in [-0.05, 0) is 71.8 Å². The topological polar surface area (TPSA) is 86.7 Å². The van der Waals surface area contributed by atoms with Gasteiger partial charge in [0.15, 0.2) is 0 Å². The Labute approximate surface area is 228 Å². The van der Waals surface area contributed by atoms with Crippen LogP contribution in [-0.2, 0) is 20.2 Å². The lowest BCUT2D eigenvalue weighted by Crippen LogP contribution is -2.09. The third-order valence-corrected chi connectivity index (χ3v) is 8.78. The van der Waals surface area contributed by atoms with Crippen LogP contribution in [0.2, 0.25) is 20.1 Å². The SMILES string of the molecule is O=S(=O)(Oc1ccc(-c2ccc(OS(=O)(=O)c3ccc(Cl)c(Cl)c3)cc2)cc1)c1ccc(Cl)c(Cl)c1. The molecule has 0 unspecified atom stereocenters. The van der Waals surface area contributed by atoms with Gasteiger partial charge in [-0.3, -0.25) is 0 Å². The Morgan fingerprint density at radius 1 is 0.444 bits per heavy atom. The van der Waals surface area contributed by atoms with Crippen molar-refractivity contribution in [2.24, 2.45) is 0 Å². The van der Waals surface area contributed by atoms with Crippen molar-refractivity contribution < 1.29 is 25.2 Å². The van der Waals surface area contributed by atoms with Crippen molar-refractivity contribution in [2.45, 2.75) is 9.79 Å². The van der Waals surface area contributed by atoms with Crippen LogP contribution >= 0.6 is 46.4 Å². The van der Waals surface area contributed by atoms with E-state index in [1.165, 1.54) is 60.7 Å². The summed E-state index contributed by atoms with van der Waals surface area (Å²) in [4.78, 5) is -0.264. The van der Waals surface area contributed by atoms with Gasteiger partial charge in [-0.25, -0.2) is 0 Å². The van der Waals surface area contributed by atoms with Crippen LogP contribution < -0.4 is 8.37 Å². The molecule has 0 aliphatic heterocycles. The van der Waals surface area contributed by atoms with Crippen molar-refractivity contribution in [3.63, 3.8) is 0 Å². The minimum Gasteiger partial charge on any atom is -0.379 e. The molecule has 12 heteroatoms. The fourth-order valence-electron chi connectivity index (χ4n) is 3.02. The van der Waals surface area contributed by atoms with Gasteiger partial charge in [0, 0.05) is 0 Å². The fraction of sp³-hybridized carbons (Fsp3) is 0. The van der Waals surface area contributed by atoms with Crippen molar-refractivity contribution in [1.29, 1.82) is 0 Å². The summed E-state index contributed by atoms with van der Waals surface area (Å²) in [6.45, 7) is 0. The van der Waals surface area contributed by atoms with Crippen LogP contribution in [-0.4, -0.2) is 16.8 Å². The van der Waals surface area contributed by atoms with E-state index in [1.807, 2.05) is 0 Å². The van der Waals surface area contributed by atoms with Crippen LogP contribution in [0, 0.1) is 0 Å². The van der Waals surface area contributed by atoms with E-state index in [9.17, 15) is 16.8 Å². The van der Waals surface area contributed by atoms with Gasteiger partial charge in [0.25, 0.3) is 0 Å². The molecule has 0 N–H and O–H groups in total. The highest BCUT2D eigenvalue weighted by Gasteiger charge is 2.19. The van der Waals surface area contributed by atoms with Gasteiger partial charge in [-0.1, -0.05) is 70.7 Å². The molecule has 0 spiro atoms. The van der Waals surface area contributed by atoms with E-state index in [2.05, 4.69) is 0 Å². The Balaban J connectivity index is 1.47. The molecule has 36 heavy (non-hydrogen) atoms. The van der Waals surface area contributed by atoms with Gasteiger partial charge < -0.3 is 8.37 Å². The summed E-state index contributed by atoms with van der Waals surface area (Å²) in [6.07, 6.45) is 0. The highest BCUT2D eigenvalue weighted by molar-refractivity contribution is 7.87. The van der Waals surface area contributed by atoms with E-state index in [-0.39, 0.29) is 41.4 Å². The Morgan fingerprint density at radius 3 is 1.08 bits per heavy atom. The molecule has 0 aliphatic carbocycles. The maximum absolute atomic E-state index is 12.5. The van der Waals surface area contributed by atoms with Gasteiger partial charge in [-0.15, -0.1) is 0 Å². The number of hydrogen-bond acceptors (Lipinski definition) is 6. The largest absolute Gasteiger partial charge is 0.379 e. The quantitative estimate of drug-likeness (QED) is 0.203. The Hall–Kier alpha value is -2.46. The summed E-state index contributed by atoms with van der Waals surface area (Å²) in [7, 11) is -8.23. The second kappa shape index (κ2) is 10.5. The lowest BCUT2D eigenvalue weighted by Gasteiger charge is -2.10. The van der Waals surface area contributed by atoms with Crippen molar-refractivity contribution in [1.82, 2.24) is 0 Å². The lowest BCUT2D eigenvalue weighted by atomic mass is 10.1. The second-order valence-corrected chi connectivity index (χ2v) is 12.0. The van der Waals surface area contributed by atoms with Gasteiger partial charge in [0.2, 0.25) is 0 Å². The summed E-state index contributed by atoms with van der Waals surface area (Å²) >= 11 is 23.5. The molecule has 0 radical (unpaired) electrons. The predicted molar refractivity (Wildman–Crippen MR) is 140 cm³/mol. The van der Waals surface area contributed by atoms with E-state index in [1.54, 1.807) is 24.3 Å². The van der Waals surface area contributed by atoms with Gasteiger partial charge in [0.1, 0.15) is 21.3 Å². The van der Waals surface area contributed by atoms with E-state index in [4.69, 9.17) is 54.8 Å². The zero-order valence-corrected chi connectivity index (χ0v) is 22.5. The average Bonchev–Trinajstić information content (AvgIpc) is 2.83. The summed E-state index contributed by atoms with van der Waals surface area (Å²) in [5, 5.41) is 0.634. The molecule has 0 amide bonds. The zero-order chi connectivity index (χ0) is 26.1. The van der Waals surface area contributed by atoms with Crippen LogP contribution in [0.5, 0.6) is 11.5 Å². The molecule has 0 atom stereocenters. The maximum Gasteiger partial charge on any atom is 0.339 e. The van der Waals surface area contributed by atoms with Gasteiger partial charge in [-0.2, -0.15) is 16.8 Å². The molecule has 4 rings (SSSR count). The van der Waals surface area contributed by atoms with E-state index >= 15 is 0 Å². The molecule has 4 aromatic carbocycles. The van der Waals surface area contributed by atoms with Gasteiger partial charge in [0.05, 0.1) is 20.1 Å². The Morgan fingerprint density at radius 2 is 0.778 bits per heavy atom. The Bertz CT molecular complexity index is 1510. The molecule has 6 nitrogen and oxygen atoms in total. The maximum atomic E-state index is 12.5. The van der Waals surface area contributed by atoms with Crippen molar-refractivity contribution in [3.05, 3.63) is 105 Å². The Kier molecular flexibility index (Phi) is 7.75. The number of hydrogen-bond donors (Lipinski definition) is 0. The molecule has 0 aliphatic rings. The minimum absolute atomic E-state index is 0.0916. The normalized spacial score (nSPS) is 11.8. The van der Waals surface area contributed by atoms with Crippen LogP contribution in [0.4, 0.5) is 0 Å². The highest BCUT2D eigenvalue weighted by atomic mass is 35.5. The molecule has 186 valence electrons. The highest BCUT2D eigenvalue weighted by Crippen LogP contribution is 2.30. The van der Waals surface area contributed by atoms with Crippen LogP contribution in [0.3, 0.4) is 0 Å². The minimum atomic E-state index is -4.11. The monoisotopic (exact) mass is 602 g/mol. The molecule has 4 aromatic rings. The molecular weight excluding hydrogens is 590 g/mol. The standard InChI is InChI=1S/C24H14Cl4O6S2/c25-21-11-9-19(13-23(21)27)35(29,30)33-17-5-1-15(2-6-17)16-3-7-18(8-4-16)34-36(31,32)20-10-12-22(26)24(28)14-20/h1-14H. The summed E-state index contributed by atoms with van der Waals surface area (Å²) < 4.78 is 60.4. The van der Waals surface area contributed by atoms with Crippen molar-refractivity contribution in [2.75, 3.05) is 0 Å². The summed E-state index contributed by atoms with van der Waals surface area (Å²) in [5.41, 5.74) is 1.46. The predicted octanol–water partition coefficient (Wildman–Crippen LogP) is 7.50. The fourth-order valence-corrected chi connectivity index (χ4v) is 5.66. The first-order valence-electron chi connectivity index (χ1n) is 9.94. The second-order valence-electron chi connectivity index (χ2n) is 7.28. The molecule has 0 saturated heterocycles. The van der Waals surface area contributed by atoms with E-state index in [0.29, 0.717) is 0 Å². The molecule has 0 heterocycles. The van der Waals surface area contributed by atoms with E-state index < -0.39 is 20.2 Å². The van der Waals surface area contributed by atoms with Gasteiger partial charge >= 0.3 is 20.2 Å². The van der Waals surface area contributed by atoms with Crippen molar-refractivity contribution in [3.8, 4) is 22.6 Å². The summed E-state index contributed by atoms with van der Waals surface area (Å²) in [6, 6.07) is 20.3. The third-order valence-electron chi connectivity index (χ3n) is 4.81. The average molecular weight is 604 g/mol. The first-order chi connectivity index (χ1) is 16.9. The van der Waals surface area contributed by atoms with E-state index in [0.717, 1.165) is 11.1 Å². The molecule has 0 bridgehead atoms. The first-order valence-corrected chi connectivity index (χ1v) is 14.3. The van der Waals surface area contributed by atoms with Crippen molar-refractivity contribution >= 4 is 66.6 Å². The molecule has 0 aromatic heterocycles.